The lowest BCUT2D eigenvalue weighted by Gasteiger charge is -2.13. The molecule has 1 atom stereocenters. The van der Waals surface area contributed by atoms with Crippen LogP contribution >= 0.6 is 0 Å². The maximum atomic E-state index is 12.2. The minimum absolute atomic E-state index is 0.0611. The summed E-state index contributed by atoms with van der Waals surface area (Å²) < 4.78 is 5.90. The third-order valence-electron chi connectivity index (χ3n) is 4.59. The van der Waals surface area contributed by atoms with Crippen molar-refractivity contribution in [3.8, 4) is 5.75 Å². The Morgan fingerprint density at radius 3 is 2.72 bits per heavy atom. The minimum Gasteiger partial charge on any atom is -0.491 e. The molecule has 1 amide bonds. The smallest absolute Gasteiger partial charge is 0.224 e. The van der Waals surface area contributed by atoms with Crippen LogP contribution in [-0.4, -0.2) is 25.6 Å². The number of carbonyl (C=O) groups excluding carboxylic acids is 1. The molecule has 2 aromatic carbocycles. The number of hydrogen-bond donors (Lipinski definition) is 2. The van der Waals surface area contributed by atoms with Gasteiger partial charge in [0.15, 0.2) is 0 Å². The predicted molar refractivity (Wildman–Crippen MR) is 101 cm³/mol. The highest BCUT2D eigenvalue weighted by molar-refractivity contribution is 5.92. The van der Waals surface area contributed by atoms with E-state index in [1.807, 2.05) is 42.5 Å². The molecule has 1 unspecified atom stereocenters. The molecule has 1 aliphatic rings. The van der Waals surface area contributed by atoms with Crippen molar-refractivity contribution in [3.05, 3.63) is 60.2 Å². The Labute approximate surface area is 149 Å². The Morgan fingerprint density at radius 2 is 1.92 bits per heavy atom. The minimum atomic E-state index is 0.0611. The molecule has 1 aliphatic heterocycles. The summed E-state index contributed by atoms with van der Waals surface area (Å²) >= 11 is 0. The number of nitrogens with one attached hydrogen (secondary N) is 2. The number of rotatable bonds is 8. The number of ether oxygens (including phenoxy) is 1. The molecule has 4 nitrogen and oxygen atoms in total. The third-order valence-corrected chi connectivity index (χ3v) is 4.59. The summed E-state index contributed by atoms with van der Waals surface area (Å²) in [5.41, 5.74) is 2.00. The molecule has 3 rings (SSSR count). The van der Waals surface area contributed by atoms with Crippen LogP contribution in [0.3, 0.4) is 0 Å². The molecule has 25 heavy (non-hydrogen) atoms. The second-order valence-corrected chi connectivity index (χ2v) is 6.53. The van der Waals surface area contributed by atoms with Crippen LogP contribution in [0, 0.1) is 5.92 Å². The SMILES string of the molecule is O=C(CCC1CCNC1)Nc1ccccc1OCCc1ccccc1. The zero-order valence-electron chi connectivity index (χ0n) is 14.5. The summed E-state index contributed by atoms with van der Waals surface area (Å²) in [6, 6.07) is 17.9. The molecular formula is C21H26N2O2. The van der Waals surface area contributed by atoms with E-state index >= 15 is 0 Å². The van der Waals surface area contributed by atoms with Crippen molar-refractivity contribution >= 4 is 11.6 Å². The van der Waals surface area contributed by atoms with Gasteiger partial charge in [0.2, 0.25) is 5.91 Å². The van der Waals surface area contributed by atoms with Gasteiger partial charge in [0.05, 0.1) is 12.3 Å². The molecule has 4 heteroatoms. The Balaban J connectivity index is 1.48. The van der Waals surface area contributed by atoms with E-state index in [9.17, 15) is 4.79 Å². The molecule has 1 saturated heterocycles. The second kappa shape index (κ2) is 9.23. The summed E-state index contributed by atoms with van der Waals surface area (Å²) in [5, 5.41) is 6.34. The van der Waals surface area contributed by atoms with Crippen LogP contribution in [-0.2, 0) is 11.2 Å². The summed E-state index contributed by atoms with van der Waals surface area (Å²) in [6.07, 6.45) is 3.52. The normalized spacial score (nSPS) is 16.6. The summed E-state index contributed by atoms with van der Waals surface area (Å²) in [6.45, 7) is 2.70. The lowest BCUT2D eigenvalue weighted by molar-refractivity contribution is -0.116. The van der Waals surface area contributed by atoms with Crippen molar-refractivity contribution in [2.75, 3.05) is 25.0 Å². The standard InChI is InChI=1S/C21H26N2O2/c24-21(11-10-18-12-14-22-16-18)23-19-8-4-5-9-20(19)25-15-13-17-6-2-1-3-7-17/h1-9,18,22H,10-16H2,(H,23,24). The van der Waals surface area contributed by atoms with E-state index in [1.165, 1.54) is 12.0 Å². The largest absolute Gasteiger partial charge is 0.491 e. The highest BCUT2D eigenvalue weighted by Crippen LogP contribution is 2.24. The Bertz CT molecular complexity index is 667. The molecular weight excluding hydrogens is 312 g/mol. The van der Waals surface area contributed by atoms with Crippen molar-refractivity contribution in [2.24, 2.45) is 5.92 Å². The van der Waals surface area contributed by atoms with Crippen LogP contribution in [0.2, 0.25) is 0 Å². The molecule has 0 bridgehead atoms. The van der Waals surface area contributed by atoms with Crippen molar-refractivity contribution in [1.29, 1.82) is 0 Å². The molecule has 0 aliphatic carbocycles. The van der Waals surface area contributed by atoms with Crippen molar-refractivity contribution in [2.45, 2.75) is 25.7 Å². The Hall–Kier alpha value is -2.33. The highest BCUT2D eigenvalue weighted by atomic mass is 16.5. The number of hydrogen-bond acceptors (Lipinski definition) is 3. The van der Waals surface area contributed by atoms with Gasteiger partial charge in [-0.3, -0.25) is 4.79 Å². The van der Waals surface area contributed by atoms with E-state index in [4.69, 9.17) is 4.74 Å². The van der Waals surface area contributed by atoms with Crippen molar-refractivity contribution < 1.29 is 9.53 Å². The average Bonchev–Trinajstić information content (AvgIpc) is 3.16. The summed E-state index contributed by atoms with van der Waals surface area (Å²) in [5.74, 6) is 1.42. The first-order valence-corrected chi connectivity index (χ1v) is 9.07. The van der Waals surface area contributed by atoms with Crippen LogP contribution in [0.1, 0.15) is 24.8 Å². The lowest BCUT2D eigenvalue weighted by Crippen LogP contribution is -2.15. The molecule has 2 N–H and O–H groups in total. The summed E-state index contributed by atoms with van der Waals surface area (Å²) in [4.78, 5) is 12.2. The van der Waals surface area contributed by atoms with E-state index in [-0.39, 0.29) is 5.91 Å². The van der Waals surface area contributed by atoms with E-state index < -0.39 is 0 Å². The fourth-order valence-electron chi connectivity index (χ4n) is 3.13. The van der Waals surface area contributed by atoms with Gasteiger partial charge in [-0.25, -0.2) is 0 Å². The number of benzene rings is 2. The van der Waals surface area contributed by atoms with Gasteiger partial charge >= 0.3 is 0 Å². The maximum absolute atomic E-state index is 12.2. The van der Waals surface area contributed by atoms with Gasteiger partial charge in [-0.15, -0.1) is 0 Å². The van der Waals surface area contributed by atoms with Gasteiger partial charge in [-0.2, -0.15) is 0 Å². The van der Waals surface area contributed by atoms with E-state index in [0.29, 0.717) is 18.9 Å². The van der Waals surface area contributed by atoms with E-state index in [1.54, 1.807) is 0 Å². The van der Waals surface area contributed by atoms with Gasteiger partial charge in [-0.05, 0) is 49.5 Å². The molecule has 0 aromatic heterocycles. The van der Waals surface area contributed by atoms with Crippen LogP contribution < -0.4 is 15.4 Å². The topological polar surface area (TPSA) is 50.4 Å². The first-order chi connectivity index (χ1) is 12.3. The van der Waals surface area contributed by atoms with Gasteiger partial charge in [0.1, 0.15) is 5.75 Å². The Kier molecular flexibility index (Phi) is 6.46. The maximum Gasteiger partial charge on any atom is 0.224 e. The number of amides is 1. The van der Waals surface area contributed by atoms with Crippen molar-refractivity contribution in [3.63, 3.8) is 0 Å². The second-order valence-electron chi connectivity index (χ2n) is 6.53. The zero-order chi connectivity index (χ0) is 17.3. The van der Waals surface area contributed by atoms with Crippen LogP contribution in [0.4, 0.5) is 5.69 Å². The third kappa shape index (κ3) is 5.61. The molecule has 2 aromatic rings. The first-order valence-electron chi connectivity index (χ1n) is 9.07. The predicted octanol–water partition coefficient (Wildman–Crippen LogP) is 3.64. The van der Waals surface area contributed by atoms with Gasteiger partial charge in [0, 0.05) is 12.8 Å². The van der Waals surface area contributed by atoms with Gasteiger partial charge in [-0.1, -0.05) is 42.5 Å². The Morgan fingerprint density at radius 1 is 1.12 bits per heavy atom. The highest BCUT2D eigenvalue weighted by Gasteiger charge is 2.16. The molecule has 1 heterocycles. The monoisotopic (exact) mass is 338 g/mol. The molecule has 1 fully saturated rings. The molecule has 0 radical (unpaired) electrons. The van der Waals surface area contributed by atoms with Crippen LogP contribution in [0.25, 0.3) is 0 Å². The van der Waals surface area contributed by atoms with Crippen LogP contribution in [0.5, 0.6) is 5.75 Å². The van der Waals surface area contributed by atoms with E-state index in [0.717, 1.165) is 37.4 Å². The molecule has 0 saturated carbocycles. The number of carbonyl (C=O) groups is 1. The van der Waals surface area contributed by atoms with Crippen molar-refractivity contribution in [1.82, 2.24) is 5.32 Å². The van der Waals surface area contributed by atoms with Gasteiger partial charge < -0.3 is 15.4 Å². The van der Waals surface area contributed by atoms with E-state index in [2.05, 4.69) is 22.8 Å². The number of para-hydroxylation sites is 2. The fraction of sp³-hybridized carbons (Fsp3) is 0.381. The van der Waals surface area contributed by atoms with Crippen LogP contribution in [0.15, 0.2) is 54.6 Å². The lowest BCUT2D eigenvalue weighted by atomic mass is 10.0. The first kappa shape index (κ1) is 17.5. The average molecular weight is 338 g/mol. The van der Waals surface area contributed by atoms with Gasteiger partial charge in [0.25, 0.3) is 0 Å². The fourth-order valence-corrected chi connectivity index (χ4v) is 3.13. The number of anilines is 1. The molecule has 132 valence electrons. The quantitative estimate of drug-likeness (QED) is 0.773. The summed E-state index contributed by atoms with van der Waals surface area (Å²) in [7, 11) is 0. The zero-order valence-corrected chi connectivity index (χ0v) is 14.5. The molecule has 0 spiro atoms.